The highest BCUT2D eigenvalue weighted by Crippen LogP contribution is 2.24. The number of benzene rings is 1. The van der Waals surface area contributed by atoms with Crippen molar-refractivity contribution in [2.24, 2.45) is 0 Å². The van der Waals surface area contributed by atoms with Gasteiger partial charge in [-0.2, -0.15) is 0 Å². The zero-order valence-corrected chi connectivity index (χ0v) is 5.93. The fourth-order valence-corrected chi connectivity index (χ4v) is 1.15. The van der Waals surface area contributed by atoms with Gasteiger partial charge in [-0.25, -0.2) is 0 Å². The summed E-state index contributed by atoms with van der Waals surface area (Å²) in [5.74, 6) is 0. The van der Waals surface area contributed by atoms with E-state index in [2.05, 4.69) is 0 Å². The number of rotatable bonds is 0. The normalized spacial score (nSPS) is 10.5. The van der Waals surface area contributed by atoms with Crippen LogP contribution in [0.25, 0.3) is 11.0 Å². The summed E-state index contributed by atoms with van der Waals surface area (Å²) in [6.07, 6.45) is 1.55. The lowest BCUT2D eigenvalue weighted by Gasteiger charge is -1.83. The van der Waals surface area contributed by atoms with Crippen molar-refractivity contribution in [2.45, 2.75) is 0 Å². The van der Waals surface area contributed by atoms with Crippen molar-refractivity contribution in [1.82, 2.24) is 0 Å². The van der Waals surface area contributed by atoms with Crippen LogP contribution in [0.3, 0.4) is 0 Å². The summed E-state index contributed by atoms with van der Waals surface area (Å²) in [6.45, 7) is 0. The number of fused-ring (bicyclic) bond motifs is 1. The topological polar surface area (TPSA) is 13.1 Å². The van der Waals surface area contributed by atoms with Crippen LogP contribution in [0.15, 0.2) is 34.9 Å². The van der Waals surface area contributed by atoms with Crippen LogP contribution < -0.4 is 0 Å². The van der Waals surface area contributed by atoms with Gasteiger partial charge in [0.1, 0.15) is 11.8 Å². The predicted octanol–water partition coefficient (Wildman–Crippen LogP) is 3.09. The average Bonchev–Trinajstić information content (AvgIpc) is 2.34. The minimum absolute atomic E-state index is 0.676. The summed E-state index contributed by atoms with van der Waals surface area (Å²) in [4.78, 5) is 0. The molecule has 2 aromatic rings. The molecule has 50 valence electrons. The van der Waals surface area contributed by atoms with Gasteiger partial charge in [-0.1, -0.05) is 23.7 Å². The lowest BCUT2D eigenvalue weighted by molar-refractivity contribution is 0.616. The van der Waals surface area contributed by atoms with E-state index in [1.807, 2.05) is 24.3 Å². The summed E-state index contributed by atoms with van der Waals surface area (Å²) in [5, 5.41) is 1.65. The average molecular weight is 153 g/mol. The van der Waals surface area contributed by atoms with Gasteiger partial charge in [0, 0.05) is 5.39 Å². The predicted molar refractivity (Wildman–Crippen MR) is 41.2 cm³/mol. The van der Waals surface area contributed by atoms with Crippen LogP contribution in [-0.4, -0.2) is 0 Å². The molecular weight excluding hydrogens is 148 g/mol. The second kappa shape index (κ2) is 2.03. The van der Waals surface area contributed by atoms with E-state index in [4.69, 9.17) is 16.0 Å². The first-order valence-electron chi connectivity index (χ1n) is 2.99. The van der Waals surface area contributed by atoms with E-state index >= 15 is 0 Å². The first-order chi connectivity index (χ1) is 4.88. The molecule has 0 aliphatic rings. The first kappa shape index (κ1) is 5.81. The quantitative estimate of drug-likeness (QED) is 0.566. The Kier molecular flexibility index (Phi) is 1.18. The molecule has 1 nitrogen and oxygen atoms in total. The summed E-state index contributed by atoms with van der Waals surface area (Å²) >= 11 is 5.78. The van der Waals surface area contributed by atoms with E-state index in [9.17, 15) is 0 Å². The fourth-order valence-electron chi connectivity index (χ4n) is 0.945. The second-order valence-electron chi connectivity index (χ2n) is 2.08. The van der Waals surface area contributed by atoms with E-state index in [1.54, 1.807) is 6.26 Å². The molecular formula is C8H5ClO. The largest absolute Gasteiger partial charge is 0.463 e. The van der Waals surface area contributed by atoms with Gasteiger partial charge in [-0.15, -0.1) is 0 Å². The summed E-state index contributed by atoms with van der Waals surface area (Å²) in [7, 11) is 0. The number of halogens is 1. The van der Waals surface area contributed by atoms with Gasteiger partial charge in [-0.05, 0) is 12.1 Å². The third-order valence-electron chi connectivity index (χ3n) is 1.43. The molecule has 0 saturated heterocycles. The molecule has 0 aliphatic carbocycles. The van der Waals surface area contributed by atoms with Crippen LogP contribution >= 0.6 is 11.6 Å². The maximum Gasteiger partial charge on any atom is 0.135 e. The zero-order valence-electron chi connectivity index (χ0n) is 5.17. The SMILES string of the molecule is Clc1coc2ccccc12. The Bertz CT molecular complexity index is 351. The molecule has 0 atom stereocenters. The van der Waals surface area contributed by atoms with Crippen LogP contribution in [0.4, 0.5) is 0 Å². The smallest absolute Gasteiger partial charge is 0.135 e. The molecule has 0 amide bonds. The van der Waals surface area contributed by atoms with Crippen molar-refractivity contribution in [3.63, 3.8) is 0 Å². The lowest BCUT2D eigenvalue weighted by Crippen LogP contribution is -1.60. The van der Waals surface area contributed by atoms with Crippen LogP contribution in [0.2, 0.25) is 5.02 Å². The van der Waals surface area contributed by atoms with Gasteiger partial charge in [-0.3, -0.25) is 0 Å². The molecule has 1 aromatic carbocycles. The third-order valence-corrected chi connectivity index (χ3v) is 1.73. The molecule has 2 rings (SSSR count). The van der Waals surface area contributed by atoms with E-state index in [-0.39, 0.29) is 0 Å². The Morgan fingerprint density at radius 3 is 2.80 bits per heavy atom. The second-order valence-corrected chi connectivity index (χ2v) is 2.49. The van der Waals surface area contributed by atoms with E-state index in [1.165, 1.54) is 0 Å². The van der Waals surface area contributed by atoms with Crippen molar-refractivity contribution < 1.29 is 4.42 Å². The molecule has 2 heteroatoms. The molecule has 0 unspecified atom stereocenters. The van der Waals surface area contributed by atoms with Gasteiger partial charge < -0.3 is 4.42 Å². The maximum absolute atomic E-state index is 5.78. The minimum atomic E-state index is 0.676. The molecule has 0 N–H and O–H groups in total. The monoisotopic (exact) mass is 152 g/mol. The van der Waals surface area contributed by atoms with E-state index < -0.39 is 0 Å². The van der Waals surface area contributed by atoms with Gasteiger partial charge in [0.05, 0.1) is 5.02 Å². The van der Waals surface area contributed by atoms with Crippen molar-refractivity contribution in [3.8, 4) is 0 Å². The molecule has 0 fully saturated rings. The number of hydrogen-bond acceptors (Lipinski definition) is 1. The molecule has 0 saturated carbocycles. The van der Waals surface area contributed by atoms with Crippen LogP contribution in [0.1, 0.15) is 0 Å². The Morgan fingerprint density at radius 2 is 2.00 bits per heavy atom. The van der Waals surface area contributed by atoms with Gasteiger partial charge in [0.15, 0.2) is 0 Å². The molecule has 1 heterocycles. The molecule has 0 radical (unpaired) electrons. The number of para-hydroxylation sites is 1. The van der Waals surface area contributed by atoms with Crippen LogP contribution in [0, 0.1) is 0 Å². The Morgan fingerprint density at radius 1 is 1.20 bits per heavy atom. The molecule has 1 aromatic heterocycles. The van der Waals surface area contributed by atoms with Crippen LogP contribution in [0.5, 0.6) is 0 Å². The number of furan rings is 1. The highest BCUT2D eigenvalue weighted by molar-refractivity contribution is 6.35. The third kappa shape index (κ3) is 0.711. The van der Waals surface area contributed by atoms with Crippen molar-refractivity contribution in [1.29, 1.82) is 0 Å². The van der Waals surface area contributed by atoms with Crippen molar-refractivity contribution in [2.75, 3.05) is 0 Å². The van der Waals surface area contributed by atoms with Crippen molar-refractivity contribution in [3.05, 3.63) is 35.6 Å². The summed E-state index contributed by atoms with van der Waals surface area (Å²) < 4.78 is 5.12. The van der Waals surface area contributed by atoms with E-state index in [0.717, 1.165) is 11.0 Å². The van der Waals surface area contributed by atoms with Crippen LogP contribution in [-0.2, 0) is 0 Å². The summed E-state index contributed by atoms with van der Waals surface area (Å²) in [5.41, 5.74) is 0.840. The zero-order chi connectivity index (χ0) is 6.97. The Hall–Kier alpha value is -0.950. The van der Waals surface area contributed by atoms with Gasteiger partial charge in [0.25, 0.3) is 0 Å². The minimum Gasteiger partial charge on any atom is -0.463 e. The van der Waals surface area contributed by atoms with Gasteiger partial charge >= 0.3 is 0 Å². The highest BCUT2D eigenvalue weighted by Gasteiger charge is 1.99. The first-order valence-corrected chi connectivity index (χ1v) is 3.37. The fraction of sp³-hybridized carbons (Fsp3) is 0. The van der Waals surface area contributed by atoms with Crippen molar-refractivity contribution >= 4 is 22.6 Å². The van der Waals surface area contributed by atoms with E-state index in [0.29, 0.717) is 5.02 Å². The molecule has 0 aliphatic heterocycles. The highest BCUT2D eigenvalue weighted by atomic mass is 35.5. The Labute approximate surface area is 63.2 Å². The maximum atomic E-state index is 5.78. The standard InChI is InChI=1S/C8H5ClO/c9-7-5-10-8-4-2-1-3-6(7)8/h1-5H. The summed E-state index contributed by atoms with van der Waals surface area (Å²) in [6, 6.07) is 7.67. The molecule has 0 bridgehead atoms. The lowest BCUT2D eigenvalue weighted by atomic mass is 10.3. The Balaban J connectivity index is 2.93. The molecule has 10 heavy (non-hydrogen) atoms. The van der Waals surface area contributed by atoms with Gasteiger partial charge in [0.2, 0.25) is 0 Å². The molecule has 0 spiro atoms. The number of hydrogen-bond donors (Lipinski definition) is 0.